The molecule has 1 saturated heterocycles. The molecule has 104 valence electrons. The fourth-order valence-corrected chi connectivity index (χ4v) is 3.19. The lowest BCUT2D eigenvalue weighted by molar-refractivity contribution is -0.139. The number of carboxylic acid groups (broad SMARTS) is 1. The van der Waals surface area contributed by atoms with Crippen molar-refractivity contribution in [1.29, 1.82) is 0 Å². The molecule has 1 aliphatic heterocycles. The molecule has 3 heteroatoms. The Labute approximate surface area is 115 Å². The largest absolute Gasteiger partial charge is 0.481 e. The van der Waals surface area contributed by atoms with Gasteiger partial charge in [0.1, 0.15) is 0 Å². The highest BCUT2D eigenvalue weighted by atomic mass is 16.4. The summed E-state index contributed by atoms with van der Waals surface area (Å²) in [5, 5.41) is 9.08. The first kappa shape index (κ1) is 14.1. The van der Waals surface area contributed by atoms with Crippen LogP contribution in [0.25, 0.3) is 0 Å². The van der Waals surface area contributed by atoms with Crippen molar-refractivity contribution in [2.75, 3.05) is 6.54 Å². The van der Waals surface area contributed by atoms with Crippen LogP contribution in [0.4, 0.5) is 0 Å². The van der Waals surface area contributed by atoms with Crippen LogP contribution in [0.5, 0.6) is 0 Å². The third kappa shape index (κ3) is 3.57. The second-order valence-electron chi connectivity index (χ2n) is 5.32. The Hall–Kier alpha value is -1.35. The fourth-order valence-electron chi connectivity index (χ4n) is 3.19. The summed E-state index contributed by atoms with van der Waals surface area (Å²) < 4.78 is 0. The summed E-state index contributed by atoms with van der Waals surface area (Å²) in [4.78, 5) is 13.4. The minimum Gasteiger partial charge on any atom is -0.481 e. The normalized spacial score (nSPS) is 22.1. The van der Waals surface area contributed by atoms with Crippen LogP contribution in [-0.2, 0) is 4.79 Å². The minimum absolute atomic E-state index is 0.191. The van der Waals surface area contributed by atoms with Crippen LogP contribution in [0.1, 0.15) is 50.6 Å². The Morgan fingerprint density at radius 2 is 2.11 bits per heavy atom. The number of likely N-dealkylation sites (tertiary alicyclic amines) is 1. The highest BCUT2D eigenvalue weighted by molar-refractivity contribution is 5.67. The lowest BCUT2D eigenvalue weighted by atomic mass is 9.93. The van der Waals surface area contributed by atoms with Crippen molar-refractivity contribution < 1.29 is 9.90 Å². The molecule has 1 aliphatic rings. The number of hydrogen-bond donors (Lipinski definition) is 1. The fraction of sp³-hybridized carbons (Fsp3) is 0.562. The molecular weight excluding hydrogens is 238 g/mol. The summed E-state index contributed by atoms with van der Waals surface area (Å²) in [5.74, 6) is -0.681. The SMILES string of the molecule is CCC(c1ccccc1)N1CCCCC1CC(=O)O. The van der Waals surface area contributed by atoms with Crippen molar-refractivity contribution in [3.63, 3.8) is 0 Å². The number of rotatable bonds is 5. The van der Waals surface area contributed by atoms with E-state index in [0.29, 0.717) is 6.04 Å². The van der Waals surface area contributed by atoms with Gasteiger partial charge in [-0.1, -0.05) is 43.7 Å². The highest BCUT2D eigenvalue weighted by Gasteiger charge is 2.30. The first-order valence-electron chi connectivity index (χ1n) is 7.25. The molecule has 0 saturated carbocycles. The van der Waals surface area contributed by atoms with E-state index in [0.717, 1.165) is 25.8 Å². The number of piperidine rings is 1. The molecule has 1 aromatic carbocycles. The van der Waals surface area contributed by atoms with Crippen molar-refractivity contribution in [2.45, 2.75) is 51.1 Å². The Morgan fingerprint density at radius 3 is 2.74 bits per heavy atom. The smallest absolute Gasteiger partial charge is 0.304 e. The lowest BCUT2D eigenvalue weighted by Crippen LogP contribution is -2.43. The van der Waals surface area contributed by atoms with Crippen LogP contribution >= 0.6 is 0 Å². The first-order chi connectivity index (χ1) is 9.22. The summed E-state index contributed by atoms with van der Waals surface area (Å²) in [6, 6.07) is 11.0. The van der Waals surface area contributed by atoms with Gasteiger partial charge in [-0.3, -0.25) is 9.69 Å². The van der Waals surface area contributed by atoms with Crippen molar-refractivity contribution in [1.82, 2.24) is 4.90 Å². The summed E-state index contributed by atoms with van der Waals surface area (Å²) in [7, 11) is 0. The van der Waals surface area contributed by atoms with Crippen LogP contribution < -0.4 is 0 Å². The molecule has 2 atom stereocenters. The van der Waals surface area contributed by atoms with E-state index in [2.05, 4.69) is 36.1 Å². The van der Waals surface area contributed by atoms with E-state index >= 15 is 0 Å². The van der Waals surface area contributed by atoms with E-state index in [-0.39, 0.29) is 12.5 Å². The third-order valence-corrected chi connectivity index (χ3v) is 4.05. The Bertz CT molecular complexity index is 404. The van der Waals surface area contributed by atoms with Gasteiger partial charge in [0, 0.05) is 12.1 Å². The molecule has 2 unspecified atom stereocenters. The predicted octanol–water partition coefficient (Wildman–Crippen LogP) is 3.47. The number of carboxylic acids is 1. The third-order valence-electron chi connectivity index (χ3n) is 4.05. The quantitative estimate of drug-likeness (QED) is 0.882. The van der Waals surface area contributed by atoms with Gasteiger partial charge >= 0.3 is 5.97 Å². The van der Waals surface area contributed by atoms with Gasteiger partial charge in [0.15, 0.2) is 0 Å². The molecule has 2 rings (SSSR count). The molecule has 0 bridgehead atoms. The molecule has 1 N–H and O–H groups in total. The van der Waals surface area contributed by atoms with E-state index in [1.165, 1.54) is 12.0 Å². The lowest BCUT2D eigenvalue weighted by Gasteiger charge is -2.40. The molecule has 0 aliphatic carbocycles. The Morgan fingerprint density at radius 1 is 1.37 bits per heavy atom. The van der Waals surface area contributed by atoms with Crippen LogP contribution in [0.2, 0.25) is 0 Å². The molecular formula is C16H23NO2. The van der Waals surface area contributed by atoms with Crippen molar-refractivity contribution >= 4 is 5.97 Å². The molecule has 19 heavy (non-hydrogen) atoms. The molecule has 0 radical (unpaired) electrons. The van der Waals surface area contributed by atoms with Crippen molar-refractivity contribution in [3.05, 3.63) is 35.9 Å². The molecule has 3 nitrogen and oxygen atoms in total. The van der Waals surface area contributed by atoms with Gasteiger partial charge in [-0.2, -0.15) is 0 Å². The Kier molecular flexibility index (Phi) is 4.97. The zero-order valence-corrected chi connectivity index (χ0v) is 11.6. The maximum absolute atomic E-state index is 11.0. The molecule has 1 heterocycles. The maximum Gasteiger partial charge on any atom is 0.304 e. The van der Waals surface area contributed by atoms with Gasteiger partial charge in [0.05, 0.1) is 6.42 Å². The highest BCUT2D eigenvalue weighted by Crippen LogP contribution is 2.32. The van der Waals surface area contributed by atoms with Crippen LogP contribution in [0.15, 0.2) is 30.3 Å². The van der Waals surface area contributed by atoms with Gasteiger partial charge in [0.2, 0.25) is 0 Å². The standard InChI is InChI=1S/C16H23NO2/c1-2-15(13-8-4-3-5-9-13)17-11-7-6-10-14(17)12-16(18)19/h3-5,8-9,14-15H,2,6-7,10-12H2,1H3,(H,18,19). The average molecular weight is 261 g/mol. The molecule has 0 amide bonds. The zero-order valence-electron chi connectivity index (χ0n) is 11.6. The Balaban J connectivity index is 2.17. The topological polar surface area (TPSA) is 40.5 Å². The number of hydrogen-bond acceptors (Lipinski definition) is 2. The maximum atomic E-state index is 11.0. The summed E-state index contributed by atoms with van der Waals surface area (Å²) in [6.07, 6.45) is 4.64. The summed E-state index contributed by atoms with van der Waals surface area (Å²) >= 11 is 0. The second-order valence-corrected chi connectivity index (χ2v) is 5.32. The second kappa shape index (κ2) is 6.71. The average Bonchev–Trinajstić information content (AvgIpc) is 2.42. The first-order valence-corrected chi connectivity index (χ1v) is 7.25. The number of benzene rings is 1. The van der Waals surface area contributed by atoms with Gasteiger partial charge in [-0.25, -0.2) is 0 Å². The zero-order chi connectivity index (χ0) is 13.7. The van der Waals surface area contributed by atoms with Crippen LogP contribution in [-0.4, -0.2) is 28.6 Å². The van der Waals surface area contributed by atoms with Gasteiger partial charge in [0.25, 0.3) is 0 Å². The van der Waals surface area contributed by atoms with Gasteiger partial charge in [-0.05, 0) is 31.4 Å². The molecule has 1 aromatic rings. The van der Waals surface area contributed by atoms with E-state index in [1.807, 2.05) is 6.07 Å². The van der Waals surface area contributed by atoms with Gasteiger partial charge in [-0.15, -0.1) is 0 Å². The minimum atomic E-state index is -0.681. The van der Waals surface area contributed by atoms with Crippen molar-refractivity contribution in [3.8, 4) is 0 Å². The van der Waals surface area contributed by atoms with Crippen molar-refractivity contribution in [2.24, 2.45) is 0 Å². The predicted molar refractivity (Wildman–Crippen MR) is 76.1 cm³/mol. The van der Waals surface area contributed by atoms with E-state index in [1.54, 1.807) is 0 Å². The van der Waals surface area contributed by atoms with E-state index < -0.39 is 5.97 Å². The van der Waals surface area contributed by atoms with Crippen LogP contribution in [0.3, 0.4) is 0 Å². The van der Waals surface area contributed by atoms with E-state index in [4.69, 9.17) is 5.11 Å². The number of nitrogens with zero attached hydrogens (tertiary/aromatic N) is 1. The summed E-state index contributed by atoms with van der Waals surface area (Å²) in [6.45, 7) is 3.20. The van der Waals surface area contributed by atoms with Gasteiger partial charge < -0.3 is 5.11 Å². The van der Waals surface area contributed by atoms with E-state index in [9.17, 15) is 4.79 Å². The molecule has 0 aromatic heterocycles. The molecule has 0 spiro atoms. The van der Waals surface area contributed by atoms with Crippen LogP contribution in [0, 0.1) is 0 Å². The monoisotopic (exact) mass is 261 g/mol. The number of carbonyl (C=O) groups is 1. The summed E-state index contributed by atoms with van der Waals surface area (Å²) in [5.41, 5.74) is 1.31. The molecule has 1 fully saturated rings. The number of aliphatic carboxylic acids is 1.